The standard InChI is InChI=1S/C26H28N4O7S/c1-16-21(25(32)36-11-10-28-24(31)19-7-5-9-27-15-19)23(18-6-4-8-20(14-18)30(34)35)22(17(2)29-16)26(33)37-12-13-38-3/h4-9,14-15,22-23H,10-13H2,1-3H3,(H,28,31). The summed E-state index contributed by atoms with van der Waals surface area (Å²) in [6.07, 6.45) is 4.85. The van der Waals surface area contributed by atoms with Crippen LogP contribution in [0, 0.1) is 16.0 Å². The van der Waals surface area contributed by atoms with E-state index in [1.54, 1.807) is 38.2 Å². The molecule has 1 aromatic carbocycles. The largest absolute Gasteiger partial charge is 0.464 e. The molecule has 0 bridgehead atoms. The number of hydrogen-bond donors (Lipinski definition) is 1. The number of hydrogen-bond acceptors (Lipinski definition) is 10. The van der Waals surface area contributed by atoms with Gasteiger partial charge in [-0.15, -0.1) is 0 Å². The van der Waals surface area contributed by atoms with Crippen molar-refractivity contribution in [3.8, 4) is 0 Å². The van der Waals surface area contributed by atoms with Gasteiger partial charge < -0.3 is 14.8 Å². The summed E-state index contributed by atoms with van der Waals surface area (Å²) in [6.45, 7) is 3.34. The van der Waals surface area contributed by atoms with Crippen molar-refractivity contribution in [1.82, 2.24) is 10.3 Å². The van der Waals surface area contributed by atoms with Gasteiger partial charge in [-0.05, 0) is 37.8 Å². The van der Waals surface area contributed by atoms with Crippen molar-refractivity contribution in [2.75, 3.05) is 31.8 Å². The molecule has 1 N–H and O–H groups in total. The molecular formula is C26H28N4O7S. The summed E-state index contributed by atoms with van der Waals surface area (Å²) in [7, 11) is 0. The van der Waals surface area contributed by atoms with Crippen molar-refractivity contribution >= 4 is 41.0 Å². The number of amides is 1. The fourth-order valence-electron chi connectivity index (χ4n) is 4.10. The van der Waals surface area contributed by atoms with Crippen molar-refractivity contribution in [3.05, 3.63) is 81.3 Å². The molecule has 0 fully saturated rings. The molecule has 2 atom stereocenters. The molecular weight excluding hydrogens is 512 g/mol. The van der Waals surface area contributed by atoms with Crippen LogP contribution in [0.1, 0.15) is 35.7 Å². The Kier molecular flexibility index (Phi) is 10.1. The third-order valence-corrected chi connectivity index (χ3v) is 6.39. The number of esters is 2. The zero-order valence-corrected chi connectivity index (χ0v) is 22.0. The molecule has 12 heteroatoms. The molecule has 2 aromatic rings. The summed E-state index contributed by atoms with van der Waals surface area (Å²) in [5, 5.41) is 14.1. The average molecular weight is 541 g/mol. The van der Waals surface area contributed by atoms with Gasteiger partial charge in [-0.3, -0.25) is 29.7 Å². The van der Waals surface area contributed by atoms with E-state index >= 15 is 0 Å². The lowest BCUT2D eigenvalue weighted by Gasteiger charge is -2.31. The number of ether oxygens (including phenoxy) is 2. The number of aliphatic imine (C=N–C) groups is 1. The van der Waals surface area contributed by atoms with Crippen molar-refractivity contribution in [1.29, 1.82) is 0 Å². The van der Waals surface area contributed by atoms with E-state index < -0.39 is 28.7 Å². The number of carbonyl (C=O) groups excluding carboxylic acids is 3. The van der Waals surface area contributed by atoms with E-state index in [9.17, 15) is 24.5 Å². The highest BCUT2D eigenvalue weighted by Gasteiger charge is 2.42. The number of benzene rings is 1. The lowest BCUT2D eigenvalue weighted by atomic mass is 9.75. The van der Waals surface area contributed by atoms with E-state index in [-0.39, 0.29) is 36.9 Å². The maximum atomic E-state index is 13.3. The molecule has 0 saturated heterocycles. The van der Waals surface area contributed by atoms with Gasteiger partial charge in [-0.25, -0.2) is 4.79 Å². The molecule has 38 heavy (non-hydrogen) atoms. The van der Waals surface area contributed by atoms with Crippen LogP contribution >= 0.6 is 11.8 Å². The summed E-state index contributed by atoms with van der Waals surface area (Å²) in [5.41, 5.74) is 1.42. The summed E-state index contributed by atoms with van der Waals surface area (Å²) >= 11 is 1.51. The summed E-state index contributed by atoms with van der Waals surface area (Å²) < 4.78 is 10.9. The van der Waals surface area contributed by atoms with Crippen LogP contribution in [-0.2, 0) is 19.1 Å². The van der Waals surface area contributed by atoms with Gasteiger partial charge in [-0.1, -0.05) is 12.1 Å². The van der Waals surface area contributed by atoms with Gasteiger partial charge >= 0.3 is 11.9 Å². The first-order valence-corrected chi connectivity index (χ1v) is 13.1. The van der Waals surface area contributed by atoms with Crippen LogP contribution in [0.2, 0.25) is 0 Å². The van der Waals surface area contributed by atoms with Gasteiger partial charge in [0.1, 0.15) is 19.1 Å². The first-order valence-electron chi connectivity index (χ1n) is 11.8. The molecule has 1 aliphatic heterocycles. The molecule has 0 aliphatic carbocycles. The third-order valence-electron chi connectivity index (χ3n) is 5.82. The minimum atomic E-state index is -0.976. The molecule has 2 unspecified atom stereocenters. The highest BCUT2D eigenvalue weighted by Crippen LogP contribution is 2.41. The Morgan fingerprint density at radius 3 is 2.61 bits per heavy atom. The van der Waals surface area contributed by atoms with Crippen LogP contribution < -0.4 is 5.32 Å². The molecule has 1 amide bonds. The first kappa shape index (κ1) is 28.5. The second-order valence-corrected chi connectivity index (χ2v) is 9.34. The number of rotatable bonds is 11. The van der Waals surface area contributed by atoms with Gasteiger partial charge in [0.05, 0.1) is 22.6 Å². The highest BCUT2D eigenvalue weighted by molar-refractivity contribution is 7.98. The van der Waals surface area contributed by atoms with E-state index in [0.717, 1.165) is 0 Å². The van der Waals surface area contributed by atoms with Crippen molar-refractivity contribution in [3.63, 3.8) is 0 Å². The summed E-state index contributed by atoms with van der Waals surface area (Å²) in [6, 6.07) is 9.02. The van der Waals surface area contributed by atoms with Crippen LogP contribution in [0.25, 0.3) is 0 Å². The Bertz CT molecular complexity index is 1260. The molecule has 0 spiro atoms. The zero-order valence-electron chi connectivity index (χ0n) is 21.2. The van der Waals surface area contributed by atoms with Gasteiger partial charge in [0.25, 0.3) is 11.6 Å². The number of nitro benzene ring substituents is 1. The number of nitro groups is 1. The second-order valence-electron chi connectivity index (χ2n) is 8.35. The van der Waals surface area contributed by atoms with E-state index in [4.69, 9.17) is 9.47 Å². The molecule has 0 saturated carbocycles. The minimum Gasteiger partial charge on any atom is -0.464 e. The Balaban J connectivity index is 1.85. The molecule has 11 nitrogen and oxygen atoms in total. The topological polar surface area (TPSA) is 150 Å². The Morgan fingerprint density at radius 2 is 1.92 bits per heavy atom. The maximum absolute atomic E-state index is 13.3. The lowest BCUT2D eigenvalue weighted by molar-refractivity contribution is -0.384. The molecule has 1 aromatic heterocycles. The van der Waals surface area contributed by atoms with Crippen LogP contribution in [0.3, 0.4) is 0 Å². The van der Waals surface area contributed by atoms with Gasteiger partial charge in [0.15, 0.2) is 0 Å². The first-order chi connectivity index (χ1) is 18.2. The van der Waals surface area contributed by atoms with Crippen LogP contribution in [0.5, 0.6) is 0 Å². The van der Waals surface area contributed by atoms with Gasteiger partial charge in [0, 0.05) is 47.6 Å². The SMILES string of the molecule is CSCCOC(=O)C1C(C)=NC(C)=C(C(=O)OCCNC(=O)c2cccnc2)C1c1cccc([N+](=O)[O-])c1. The third kappa shape index (κ3) is 7.03. The average Bonchev–Trinajstić information content (AvgIpc) is 2.91. The highest BCUT2D eigenvalue weighted by atomic mass is 32.2. The van der Waals surface area contributed by atoms with Crippen molar-refractivity contribution < 1.29 is 28.8 Å². The normalized spacial score (nSPS) is 16.9. The van der Waals surface area contributed by atoms with E-state index in [1.165, 1.54) is 36.2 Å². The van der Waals surface area contributed by atoms with Gasteiger partial charge in [-0.2, -0.15) is 11.8 Å². The monoisotopic (exact) mass is 540 g/mol. The summed E-state index contributed by atoms with van der Waals surface area (Å²) in [4.78, 5) is 57.9. The van der Waals surface area contributed by atoms with Crippen molar-refractivity contribution in [2.45, 2.75) is 19.8 Å². The van der Waals surface area contributed by atoms with E-state index in [0.29, 0.717) is 28.3 Å². The molecule has 1 aliphatic rings. The number of nitrogens with zero attached hydrogens (tertiary/aromatic N) is 3. The van der Waals surface area contributed by atoms with E-state index in [1.807, 2.05) is 6.26 Å². The Morgan fingerprint density at radius 1 is 1.13 bits per heavy atom. The quantitative estimate of drug-likeness (QED) is 0.196. The smallest absolute Gasteiger partial charge is 0.336 e. The minimum absolute atomic E-state index is 0.0374. The van der Waals surface area contributed by atoms with Crippen molar-refractivity contribution in [2.24, 2.45) is 10.9 Å². The number of non-ortho nitro benzene ring substituents is 1. The molecule has 3 rings (SSSR count). The number of allylic oxidation sites excluding steroid dienone is 1. The molecule has 0 radical (unpaired) electrons. The Hall–Kier alpha value is -4.06. The van der Waals surface area contributed by atoms with Crippen LogP contribution in [0.4, 0.5) is 5.69 Å². The number of carbonyl (C=O) groups is 3. The number of thioether (sulfide) groups is 1. The second kappa shape index (κ2) is 13.5. The lowest BCUT2D eigenvalue weighted by Crippen LogP contribution is -2.37. The van der Waals surface area contributed by atoms with E-state index in [2.05, 4.69) is 15.3 Å². The predicted octanol–water partition coefficient (Wildman–Crippen LogP) is 3.32. The fourth-order valence-corrected chi connectivity index (χ4v) is 4.35. The Labute approximate surface area is 223 Å². The maximum Gasteiger partial charge on any atom is 0.336 e. The van der Waals surface area contributed by atoms with Gasteiger partial charge in [0.2, 0.25) is 0 Å². The van der Waals surface area contributed by atoms with Crippen LogP contribution in [0.15, 0.2) is 65.1 Å². The summed E-state index contributed by atoms with van der Waals surface area (Å²) in [5.74, 6) is -3.00. The fraction of sp³-hybridized carbons (Fsp3) is 0.346. The molecule has 2 heterocycles. The molecule has 200 valence electrons. The number of aromatic nitrogens is 1. The number of nitrogens with one attached hydrogen (secondary N) is 1. The predicted molar refractivity (Wildman–Crippen MR) is 142 cm³/mol. The van der Waals surface area contributed by atoms with Crippen LogP contribution in [-0.4, -0.2) is 65.2 Å². The number of pyridine rings is 1. The zero-order chi connectivity index (χ0) is 27.7.